The van der Waals surface area contributed by atoms with Crippen LogP contribution in [0, 0.1) is 0 Å². The van der Waals surface area contributed by atoms with Gasteiger partial charge in [-0.25, -0.2) is 9.59 Å². The van der Waals surface area contributed by atoms with Crippen molar-refractivity contribution in [2.45, 2.75) is 32.9 Å². The van der Waals surface area contributed by atoms with Crippen molar-refractivity contribution in [1.29, 1.82) is 0 Å². The molecule has 1 aromatic heterocycles. The molecule has 1 fully saturated rings. The number of benzene rings is 1. The van der Waals surface area contributed by atoms with E-state index in [1.807, 2.05) is 20.8 Å². The van der Waals surface area contributed by atoms with E-state index in [2.05, 4.69) is 10.1 Å². The second-order valence-corrected chi connectivity index (χ2v) is 7.42. The molecule has 1 aliphatic heterocycles. The normalized spacial score (nSPS) is 15.6. The smallest absolute Gasteiger partial charge is 0.373 e. The van der Waals surface area contributed by atoms with Gasteiger partial charge in [-0.1, -0.05) is 12.1 Å². The molecular weight excluding hydrogens is 376 g/mol. The molecule has 0 radical (unpaired) electrons. The van der Waals surface area contributed by atoms with E-state index in [1.54, 1.807) is 30.3 Å². The zero-order valence-corrected chi connectivity index (χ0v) is 16.6. The van der Waals surface area contributed by atoms with Crippen molar-refractivity contribution in [3.63, 3.8) is 0 Å². The first-order chi connectivity index (χ1) is 13.7. The van der Waals surface area contributed by atoms with Crippen LogP contribution in [-0.4, -0.2) is 35.5 Å². The van der Waals surface area contributed by atoms with Crippen molar-refractivity contribution < 1.29 is 28.3 Å². The summed E-state index contributed by atoms with van der Waals surface area (Å²) in [6.07, 6.45) is 1.59. The lowest BCUT2D eigenvalue weighted by atomic mass is 10.1. The Kier molecular flexibility index (Phi) is 5.45. The molecule has 1 aliphatic rings. The van der Waals surface area contributed by atoms with Crippen LogP contribution in [0.15, 0.2) is 46.5 Å². The number of urea groups is 1. The van der Waals surface area contributed by atoms with Gasteiger partial charge in [-0.2, -0.15) is 0 Å². The maximum Gasteiger partial charge on any atom is 0.373 e. The largest absolute Gasteiger partial charge is 0.488 e. The number of imide groups is 1. The number of rotatable bonds is 5. The molecule has 0 bridgehead atoms. The number of carbonyl (C=O) groups is 3. The van der Waals surface area contributed by atoms with E-state index in [9.17, 15) is 14.4 Å². The van der Waals surface area contributed by atoms with Crippen molar-refractivity contribution in [3.8, 4) is 5.75 Å². The number of furan rings is 1. The number of hydrogen-bond acceptors (Lipinski definition) is 6. The summed E-state index contributed by atoms with van der Waals surface area (Å²) in [7, 11) is 1.24. The van der Waals surface area contributed by atoms with Gasteiger partial charge in [0.1, 0.15) is 22.8 Å². The average Bonchev–Trinajstić information content (AvgIpc) is 3.22. The van der Waals surface area contributed by atoms with Crippen molar-refractivity contribution in [2.75, 3.05) is 7.11 Å². The van der Waals surface area contributed by atoms with E-state index in [0.29, 0.717) is 11.5 Å². The SMILES string of the molecule is COC(=O)c1ccc(CN2C(=O)N/C(=C\c3ccc(OC(C)(C)C)cc3)C2=O)o1. The van der Waals surface area contributed by atoms with Gasteiger partial charge in [-0.3, -0.25) is 9.69 Å². The van der Waals surface area contributed by atoms with Crippen molar-refractivity contribution in [1.82, 2.24) is 10.2 Å². The first-order valence-corrected chi connectivity index (χ1v) is 8.97. The molecule has 29 heavy (non-hydrogen) atoms. The van der Waals surface area contributed by atoms with E-state index in [-0.39, 0.29) is 23.6 Å². The number of esters is 1. The van der Waals surface area contributed by atoms with Crippen LogP contribution in [0.25, 0.3) is 6.08 Å². The molecule has 0 spiro atoms. The molecule has 8 nitrogen and oxygen atoms in total. The minimum atomic E-state index is -0.632. The number of amides is 3. The van der Waals surface area contributed by atoms with Gasteiger partial charge in [-0.15, -0.1) is 0 Å². The Morgan fingerprint density at radius 2 is 1.83 bits per heavy atom. The first kappa shape index (κ1) is 20.2. The maximum atomic E-state index is 12.6. The zero-order valence-electron chi connectivity index (χ0n) is 16.6. The van der Waals surface area contributed by atoms with Gasteiger partial charge in [0, 0.05) is 0 Å². The number of carbonyl (C=O) groups excluding carboxylic acids is 3. The van der Waals surface area contributed by atoms with Gasteiger partial charge in [-0.05, 0) is 56.7 Å². The Morgan fingerprint density at radius 1 is 1.14 bits per heavy atom. The lowest BCUT2D eigenvalue weighted by Gasteiger charge is -2.21. The van der Waals surface area contributed by atoms with E-state index in [0.717, 1.165) is 10.5 Å². The fraction of sp³-hybridized carbons (Fsp3) is 0.286. The Labute approximate surface area is 168 Å². The Morgan fingerprint density at radius 3 is 2.45 bits per heavy atom. The van der Waals surface area contributed by atoms with E-state index in [1.165, 1.54) is 19.2 Å². The molecule has 2 aromatic rings. The highest BCUT2D eigenvalue weighted by molar-refractivity contribution is 6.13. The summed E-state index contributed by atoms with van der Waals surface area (Å²) in [6, 6.07) is 9.57. The minimum Gasteiger partial charge on any atom is -0.488 e. The Balaban J connectivity index is 1.71. The van der Waals surface area contributed by atoms with Gasteiger partial charge < -0.3 is 19.2 Å². The van der Waals surface area contributed by atoms with Crippen LogP contribution in [0.3, 0.4) is 0 Å². The minimum absolute atomic E-state index is 0.00267. The van der Waals surface area contributed by atoms with Gasteiger partial charge >= 0.3 is 12.0 Å². The Hall–Kier alpha value is -3.55. The molecule has 3 amide bonds. The Bertz CT molecular complexity index is 966. The van der Waals surface area contributed by atoms with Gasteiger partial charge in [0.15, 0.2) is 0 Å². The van der Waals surface area contributed by atoms with Gasteiger partial charge in [0.25, 0.3) is 5.91 Å². The molecule has 1 aromatic carbocycles. The lowest BCUT2D eigenvalue weighted by molar-refractivity contribution is -0.123. The second kappa shape index (κ2) is 7.83. The van der Waals surface area contributed by atoms with Crippen LogP contribution < -0.4 is 10.1 Å². The molecule has 152 valence electrons. The van der Waals surface area contributed by atoms with Gasteiger partial charge in [0.05, 0.1) is 13.7 Å². The average molecular weight is 398 g/mol. The van der Waals surface area contributed by atoms with E-state index in [4.69, 9.17) is 9.15 Å². The third kappa shape index (κ3) is 4.84. The fourth-order valence-corrected chi connectivity index (χ4v) is 2.70. The topological polar surface area (TPSA) is 98.1 Å². The number of ether oxygens (including phenoxy) is 2. The van der Waals surface area contributed by atoms with Crippen LogP contribution in [0.1, 0.15) is 42.6 Å². The molecule has 1 N–H and O–H groups in total. The van der Waals surface area contributed by atoms with Gasteiger partial charge in [0.2, 0.25) is 5.76 Å². The third-order valence-corrected chi connectivity index (χ3v) is 3.94. The zero-order chi connectivity index (χ0) is 21.2. The summed E-state index contributed by atoms with van der Waals surface area (Å²) in [4.78, 5) is 37.2. The second-order valence-electron chi connectivity index (χ2n) is 7.42. The summed E-state index contributed by atoms with van der Waals surface area (Å²) < 4.78 is 15.7. The van der Waals surface area contributed by atoms with Crippen molar-refractivity contribution >= 4 is 24.0 Å². The molecule has 0 unspecified atom stereocenters. The van der Waals surface area contributed by atoms with Crippen LogP contribution in [0.5, 0.6) is 5.75 Å². The third-order valence-electron chi connectivity index (χ3n) is 3.94. The highest BCUT2D eigenvalue weighted by Crippen LogP contribution is 2.22. The van der Waals surface area contributed by atoms with Crippen LogP contribution >= 0.6 is 0 Å². The van der Waals surface area contributed by atoms with Crippen molar-refractivity contribution in [3.05, 3.63) is 59.2 Å². The van der Waals surface area contributed by atoms with E-state index >= 15 is 0 Å². The highest BCUT2D eigenvalue weighted by atomic mass is 16.5. The summed E-state index contributed by atoms with van der Waals surface area (Å²) in [5, 5.41) is 2.55. The predicted octanol–water partition coefficient (Wildman–Crippen LogP) is 3.34. The monoisotopic (exact) mass is 398 g/mol. The summed E-state index contributed by atoms with van der Waals surface area (Å²) >= 11 is 0. The summed E-state index contributed by atoms with van der Waals surface area (Å²) in [5.41, 5.74) is 0.581. The first-order valence-electron chi connectivity index (χ1n) is 8.97. The number of hydrogen-bond donors (Lipinski definition) is 1. The van der Waals surface area contributed by atoms with Crippen molar-refractivity contribution in [2.24, 2.45) is 0 Å². The molecular formula is C21H22N2O6. The lowest BCUT2D eigenvalue weighted by Crippen LogP contribution is -2.30. The molecule has 0 saturated carbocycles. The van der Waals surface area contributed by atoms with Crippen LogP contribution in [0.2, 0.25) is 0 Å². The molecule has 1 saturated heterocycles. The predicted molar refractivity (Wildman–Crippen MR) is 104 cm³/mol. The molecule has 0 aliphatic carbocycles. The number of methoxy groups -OCH3 is 1. The summed E-state index contributed by atoms with van der Waals surface area (Å²) in [5.74, 6) is -0.113. The standard InChI is InChI=1S/C21H22N2O6/c1-21(2,3)29-14-7-5-13(6-8-14)11-16-18(24)23(20(26)22-16)12-15-9-10-17(28-15)19(25)27-4/h5-11H,12H2,1-4H3,(H,22,26)/b16-11-. The maximum absolute atomic E-state index is 12.6. The molecule has 3 rings (SSSR count). The fourth-order valence-electron chi connectivity index (χ4n) is 2.70. The highest BCUT2D eigenvalue weighted by Gasteiger charge is 2.34. The molecule has 8 heteroatoms. The number of nitrogens with zero attached hydrogens (tertiary/aromatic N) is 1. The summed E-state index contributed by atoms with van der Waals surface area (Å²) in [6.45, 7) is 5.77. The quantitative estimate of drug-likeness (QED) is 0.471. The molecule has 2 heterocycles. The van der Waals surface area contributed by atoms with Crippen LogP contribution in [0.4, 0.5) is 4.79 Å². The number of nitrogens with one attached hydrogen (secondary N) is 1. The molecule has 0 atom stereocenters. The van der Waals surface area contributed by atoms with E-state index < -0.39 is 17.9 Å². The van der Waals surface area contributed by atoms with Crippen LogP contribution in [-0.2, 0) is 16.1 Å².